The second-order valence-electron chi connectivity index (χ2n) is 6.41. The molecular weight excluding hydrogens is 388 g/mol. The zero-order valence-electron chi connectivity index (χ0n) is 15.5. The fourth-order valence-corrected chi connectivity index (χ4v) is 3.64. The molecule has 4 rings (SSSR count). The molecule has 0 aliphatic heterocycles. The summed E-state index contributed by atoms with van der Waals surface area (Å²) >= 11 is 1.52. The van der Waals surface area contributed by atoms with Gasteiger partial charge in [0.25, 0.3) is 0 Å². The first kappa shape index (κ1) is 18.8. The number of carboxylic acids is 1. The number of ether oxygens (including phenoxy) is 1. The fraction of sp³-hybridized carbons (Fsp3) is 0.0909. The summed E-state index contributed by atoms with van der Waals surface area (Å²) in [5.41, 5.74) is 8.29. The molecule has 0 saturated heterocycles. The number of nitrogens with zero attached hydrogens (tertiary/aromatic N) is 1. The molecule has 0 aliphatic carbocycles. The van der Waals surface area contributed by atoms with Gasteiger partial charge in [-0.1, -0.05) is 36.4 Å². The molecule has 7 heteroatoms. The Morgan fingerprint density at radius 3 is 2.59 bits per heavy atom. The average Bonchev–Trinajstić information content (AvgIpc) is 3.39. The van der Waals surface area contributed by atoms with Gasteiger partial charge in [-0.25, -0.2) is 9.78 Å². The standard InChI is InChI=1S/C22H18N2O4S/c1-13-9-10-17(27-13)15-12-16(18-8-5-11-29-18)24-21(19(15)23)28-20(22(25)26)14-6-3-2-4-7-14/h2-12,20H,23H2,1H3,(H,25,26). The molecule has 29 heavy (non-hydrogen) atoms. The Balaban J connectivity index is 1.83. The number of pyridine rings is 1. The lowest BCUT2D eigenvalue weighted by Crippen LogP contribution is -2.19. The Morgan fingerprint density at radius 2 is 1.97 bits per heavy atom. The zero-order valence-corrected chi connectivity index (χ0v) is 16.3. The maximum atomic E-state index is 11.9. The SMILES string of the molecule is Cc1ccc(-c2cc(-c3cccs3)nc(OC(C(=O)O)c3ccccc3)c2N)o1. The minimum absolute atomic E-state index is 0.0520. The van der Waals surface area contributed by atoms with Crippen LogP contribution in [0.3, 0.4) is 0 Å². The van der Waals surface area contributed by atoms with E-state index < -0.39 is 12.1 Å². The van der Waals surface area contributed by atoms with Gasteiger partial charge in [-0.3, -0.25) is 0 Å². The number of aliphatic carboxylic acids is 1. The van der Waals surface area contributed by atoms with Crippen LogP contribution in [0.1, 0.15) is 17.4 Å². The third-order valence-corrected chi connectivity index (χ3v) is 5.25. The lowest BCUT2D eigenvalue weighted by molar-refractivity contribution is -0.145. The summed E-state index contributed by atoms with van der Waals surface area (Å²) in [5, 5.41) is 11.7. The number of hydrogen-bond acceptors (Lipinski definition) is 6. The molecule has 3 heterocycles. The minimum atomic E-state index is -1.24. The molecule has 6 nitrogen and oxygen atoms in total. The number of nitrogens with two attached hydrogens (primary N) is 1. The number of furan rings is 1. The predicted octanol–water partition coefficient (Wildman–Crippen LogP) is 5.17. The number of anilines is 1. The first-order valence-corrected chi connectivity index (χ1v) is 9.76. The molecular formula is C22H18N2O4S. The van der Waals surface area contributed by atoms with Crippen molar-refractivity contribution in [3.8, 4) is 27.8 Å². The second-order valence-corrected chi connectivity index (χ2v) is 7.36. The van der Waals surface area contributed by atoms with Crippen molar-refractivity contribution >= 4 is 23.0 Å². The van der Waals surface area contributed by atoms with E-state index in [9.17, 15) is 9.90 Å². The molecule has 3 N–H and O–H groups in total. The Morgan fingerprint density at radius 1 is 1.17 bits per heavy atom. The van der Waals surface area contributed by atoms with Gasteiger partial charge in [-0.05, 0) is 36.6 Å². The molecule has 1 unspecified atom stereocenters. The van der Waals surface area contributed by atoms with Crippen LogP contribution in [0.15, 0.2) is 70.5 Å². The summed E-state index contributed by atoms with van der Waals surface area (Å²) in [6.45, 7) is 1.84. The number of carbonyl (C=O) groups is 1. The number of carboxylic acid groups (broad SMARTS) is 1. The molecule has 0 spiro atoms. The predicted molar refractivity (Wildman–Crippen MR) is 112 cm³/mol. The highest BCUT2D eigenvalue weighted by Crippen LogP contribution is 2.39. The summed E-state index contributed by atoms with van der Waals surface area (Å²) in [4.78, 5) is 17.3. The van der Waals surface area contributed by atoms with Crippen molar-refractivity contribution in [3.63, 3.8) is 0 Å². The number of rotatable bonds is 6. The molecule has 0 fully saturated rings. The van der Waals surface area contributed by atoms with Crippen LogP contribution < -0.4 is 10.5 Å². The highest BCUT2D eigenvalue weighted by atomic mass is 32.1. The molecule has 1 atom stereocenters. The molecule has 0 aliphatic rings. The third-order valence-electron chi connectivity index (χ3n) is 4.36. The third kappa shape index (κ3) is 3.86. The van der Waals surface area contributed by atoms with Crippen LogP contribution in [0.4, 0.5) is 5.69 Å². The van der Waals surface area contributed by atoms with E-state index in [1.54, 1.807) is 24.3 Å². The zero-order chi connectivity index (χ0) is 20.4. The molecule has 146 valence electrons. The van der Waals surface area contributed by atoms with E-state index in [-0.39, 0.29) is 11.6 Å². The number of benzene rings is 1. The van der Waals surface area contributed by atoms with E-state index in [0.717, 1.165) is 10.6 Å². The Kier molecular flexibility index (Phi) is 5.05. The van der Waals surface area contributed by atoms with Crippen molar-refractivity contribution in [1.82, 2.24) is 4.98 Å². The molecule has 0 bridgehead atoms. The van der Waals surface area contributed by atoms with Gasteiger partial charge in [-0.2, -0.15) is 0 Å². The van der Waals surface area contributed by atoms with Gasteiger partial charge in [0.15, 0.2) is 0 Å². The molecule has 0 radical (unpaired) electrons. The molecule has 3 aromatic heterocycles. The summed E-state index contributed by atoms with van der Waals surface area (Å²) in [6.07, 6.45) is -1.24. The van der Waals surface area contributed by atoms with Crippen LogP contribution in [-0.4, -0.2) is 16.1 Å². The lowest BCUT2D eigenvalue weighted by atomic mass is 10.1. The van der Waals surface area contributed by atoms with E-state index in [1.807, 2.05) is 48.7 Å². The highest BCUT2D eigenvalue weighted by molar-refractivity contribution is 7.13. The van der Waals surface area contributed by atoms with Crippen molar-refractivity contribution < 1.29 is 19.1 Å². The average molecular weight is 406 g/mol. The fourth-order valence-electron chi connectivity index (χ4n) is 2.96. The van der Waals surface area contributed by atoms with Crippen LogP contribution in [-0.2, 0) is 4.79 Å². The second kappa shape index (κ2) is 7.81. The normalized spacial score (nSPS) is 11.9. The van der Waals surface area contributed by atoms with Crippen molar-refractivity contribution in [2.75, 3.05) is 5.73 Å². The highest BCUT2D eigenvalue weighted by Gasteiger charge is 2.25. The van der Waals surface area contributed by atoms with Gasteiger partial charge in [0.05, 0.1) is 10.6 Å². The Hall–Kier alpha value is -3.58. The number of aromatic nitrogens is 1. The van der Waals surface area contributed by atoms with Crippen molar-refractivity contribution in [1.29, 1.82) is 0 Å². The van der Waals surface area contributed by atoms with Gasteiger partial charge in [-0.15, -0.1) is 11.3 Å². The smallest absolute Gasteiger partial charge is 0.349 e. The largest absolute Gasteiger partial charge is 0.478 e. The topological polar surface area (TPSA) is 98.6 Å². The summed E-state index contributed by atoms with van der Waals surface area (Å²) < 4.78 is 11.6. The van der Waals surface area contributed by atoms with E-state index in [4.69, 9.17) is 14.9 Å². The maximum Gasteiger partial charge on any atom is 0.349 e. The summed E-state index contributed by atoms with van der Waals surface area (Å²) in [6, 6.07) is 18.0. The number of thiophene rings is 1. The first-order chi connectivity index (χ1) is 14.0. The van der Waals surface area contributed by atoms with Gasteiger partial charge < -0.3 is 20.0 Å². The van der Waals surface area contributed by atoms with Gasteiger partial charge in [0, 0.05) is 11.1 Å². The lowest BCUT2D eigenvalue weighted by Gasteiger charge is -2.18. The Labute approximate surface area is 171 Å². The van der Waals surface area contributed by atoms with Gasteiger partial charge in [0.1, 0.15) is 17.2 Å². The van der Waals surface area contributed by atoms with E-state index in [1.165, 1.54) is 11.3 Å². The monoisotopic (exact) mass is 406 g/mol. The quantitative estimate of drug-likeness (QED) is 0.459. The number of hydrogen-bond donors (Lipinski definition) is 2. The maximum absolute atomic E-state index is 11.9. The summed E-state index contributed by atoms with van der Waals surface area (Å²) in [5.74, 6) is 0.228. The van der Waals surface area contributed by atoms with Crippen LogP contribution in [0.5, 0.6) is 5.88 Å². The van der Waals surface area contributed by atoms with Crippen molar-refractivity contribution in [2.24, 2.45) is 0 Å². The van der Waals surface area contributed by atoms with Gasteiger partial charge >= 0.3 is 5.97 Å². The van der Waals surface area contributed by atoms with E-state index >= 15 is 0 Å². The van der Waals surface area contributed by atoms with Crippen molar-refractivity contribution in [2.45, 2.75) is 13.0 Å². The minimum Gasteiger partial charge on any atom is -0.478 e. The van der Waals surface area contributed by atoms with Gasteiger partial charge in [0.2, 0.25) is 12.0 Å². The van der Waals surface area contributed by atoms with Crippen molar-refractivity contribution in [3.05, 3.63) is 77.4 Å². The number of nitrogen functional groups attached to an aromatic ring is 1. The molecule has 0 amide bonds. The van der Waals surface area contributed by atoms with Crippen LogP contribution in [0.2, 0.25) is 0 Å². The molecule has 4 aromatic rings. The van der Waals surface area contributed by atoms with Crippen LogP contribution >= 0.6 is 11.3 Å². The first-order valence-electron chi connectivity index (χ1n) is 8.88. The van der Waals surface area contributed by atoms with Crippen LogP contribution in [0, 0.1) is 6.92 Å². The van der Waals surface area contributed by atoms with E-state index in [2.05, 4.69) is 4.98 Å². The number of aryl methyl sites for hydroxylation is 1. The Bertz CT molecular complexity index is 1140. The summed E-state index contributed by atoms with van der Waals surface area (Å²) in [7, 11) is 0. The molecule has 0 saturated carbocycles. The van der Waals surface area contributed by atoms with Crippen LogP contribution in [0.25, 0.3) is 21.9 Å². The van der Waals surface area contributed by atoms with E-state index in [0.29, 0.717) is 22.6 Å². The molecule has 1 aromatic carbocycles.